The van der Waals surface area contributed by atoms with E-state index in [9.17, 15) is 0 Å². The summed E-state index contributed by atoms with van der Waals surface area (Å²) in [5.41, 5.74) is 7.88. The van der Waals surface area contributed by atoms with Crippen molar-refractivity contribution in [2.75, 3.05) is 40.8 Å². The molecule has 1 aromatic rings. The van der Waals surface area contributed by atoms with Crippen LogP contribution in [-0.4, -0.2) is 56.1 Å². The van der Waals surface area contributed by atoms with Crippen LogP contribution in [0.1, 0.15) is 37.2 Å². The van der Waals surface area contributed by atoms with Crippen molar-refractivity contribution < 1.29 is 0 Å². The summed E-state index contributed by atoms with van der Waals surface area (Å²) in [5.74, 6) is 0.716. The van der Waals surface area contributed by atoms with Gasteiger partial charge in [0.2, 0.25) is 0 Å². The molecule has 1 fully saturated rings. The van der Waals surface area contributed by atoms with E-state index in [0.717, 1.165) is 19.6 Å². The first kappa shape index (κ1) is 16.5. The predicted molar refractivity (Wildman–Crippen MR) is 90.6 cm³/mol. The molecule has 118 valence electrons. The van der Waals surface area contributed by atoms with E-state index in [0.29, 0.717) is 5.92 Å². The van der Waals surface area contributed by atoms with Crippen LogP contribution in [-0.2, 0) is 0 Å². The largest absolute Gasteiger partial charge is 0.329 e. The van der Waals surface area contributed by atoms with Crippen molar-refractivity contribution in [1.29, 1.82) is 0 Å². The zero-order chi connectivity index (χ0) is 15.3. The van der Waals surface area contributed by atoms with Gasteiger partial charge in [-0.2, -0.15) is 0 Å². The molecule has 0 bridgehead atoms. The first-order valence-electron chi connectivity index (χ1n) is 8.18. The van der Waals surface area contributed by atoms with Gasteiger partial charge in [0.1, 0.15) is 0 Å². The molecule has 1 aliphatic carbocycles. The van der Waals surface area contributed by atoms with E-state index < -0.39 is 0 Å². The van der Waals surface area contributed by atoms with E-state index in [1.807, 2.05) is 0 Å². The Morgan fingerprint density at radius 2 is 1.67 bits per heavy atom. The number of nitrogens with zero attached hydrogens (tertiary/aromatic N) is 2. The van der Waals surface area contributed by atoms with E-state index in [4.69, 9.17) is 5.73 Å². The fourth-order valence-electron chi connectivity index (χ4n) is 3.54. The second-order valence-electron chi connectivity index (χ2n) is 6.84. The van der Waals surface area contributed by atoms with Crippen molar-refractivity contribution >= 4 is 0 Å². The van der Waals surface area contributed by atoms with Crippen LogP contribution in [0.15, 0.2) is 30.3 Å². The van der Waals surface area contributed by atoms with Gasteiger partial charge in [-0.25, -0.2) is 0 Å². The molecule has 1 aromatic carbocycles. The number of hydrogen-bond donors (Lipinski definition) is 1. The Morgan fingerprint density at radius 3 is 2.19 bits per heavy atom. The Labute approximate surface area is 130 Å². The zero-order valence-electron chi connectivity index (χ0n) is 13.9. The van der Waals surface area contributed by atoms with Crippen LogP contribution in [0.3, 0.4) is 0 Å². The van der Waals surface area contributed by atoms with Crippen molar-refractivity contribution in [3.63, 3.8) is 0 Å². The normalized spacial score (nSPS) is 26.5. The average Bonchev–Trinajstić information content (AvgIpc) is 2.53. The molecule has 3 heteroatoms. The van der Waals surface area contributed by atoms with Crippen molar-refractivity contribution in [3.8, 4) is 0 Å². The van der Waals surface area contributed by atoms with Crippen molar-refractivity contribution in [3.05, 3.63) is 35.9 Å². The highest BCUT2D eigenvalue weighted by Crippen LogP contribution is 2.40. The van der Waals surface area contributed by atoms with E-state index in [-0.39, 0.29) is 5.54 Å². The van der Waals surface area contributed by atoms with Gasteiger partial charge in [0.25, 0.3) is 0 Å². The van der Waals surface area contributed by atoms with Crippen molar-refractivity contribution in [1.82, 2.24) is 9.80 Å². The second kappa shape index (κ2) is 7.39. The summed E-state index contributed by atoms with van der Waals surface area (Å²) in [5, 5.41) is 0. The number of nitrogens with two attached hydrogens (primary N) is 1. The first-order chi connectivity index (χ1) is 10.1. The number of likely N-dealkylation sites (N-methyl/N-ethyl adjacent to an activating group) is 2. The Balaban J connectivity index is 1.95. The van der Waals surface area contributed by atoms with E-state index >= 15 is 0 Å². The highest BCUT2D eigenvalue weighted by molar-refractivity contribution is 5.20. The van der Waals surface area contributed by atoms with Crippen LogP contribution >= 0.6 is 0 Å². The third kappa shape index (κ3) is 4.06. The molecule has 0 spiro atoms. The lowest BCUT2D eigenvalue weighted by Gasteiger charge is -2.46. The minimum Gasteiger partial charge on any atom is -0.329 e. The van der Waals surface area contributed by atoms with Crippen LogP contribution < -0.4 is 5.73 Å². The van der Waals surface area contributed by atoms with Crippen LogP contribution in [0.25, 0.3) is 0 Å². The summed E-state index contributed by atoms with van der Waals surface area (Å²) < 4.78 is 0. The lowest BCUT2D eigenvalue weighted by atomic mass is 9.73. The van der Waals surface area contributed by atoms with Gasteiger partial charge in [-0.15, -0.1) is 0 Å². The molecule has 0 aliphatic heterocycles. The Hall–Kier alpha value is -0.900. The predicted octanol–water partition coefficient (Wildman–Crippen LogP) is 2.54. The van der Waals surface area contributed by atoms with Crippen LogP contribution in [0, 0.1) is 0 Å². The van der Waals surface area contributed by atoms with Gasteiger partial charge in [-0.05, 0) is 58.3 Å². The highest BCUT2D eigenvalue weighted by atomic mass is 15.2. The van der Waals surface area contributed by atoms with E-state index in [1.54, 1.807) is 0 Å². The Morgan fingerprint density at radius 1 is 1.05 bits per heavy atom. The maximum atomic E-state index is 6.17. The average molecular weight is 289 g/mol. The number of benzene rings is 1. The zero-order valence-corrected chi connectivity index (χ0v) is 13.9. The summed E-state index contributed by atoms with van der Waals surface area (Å²) >= 11 is 0. The molecule has 1 saturated carbocycles. The summed E-state index contributed by atoms with van der Waals surface area (Å²) in [6, 6.07) is 11.0. The third-order valence-corrected chi connectivity index (χ3v) is 5.26. The maximum absolute atomic E-state index is 6.17. The summed E-state index contributed by atoms with van der Waals surface area (Å²) in [6.45, 7) is 2.97. The molecule has 0 heterocycles. The molecule has 0 unspecified atom stereocenters. The monoisotopic (exact) mass is 289 g/mol. The molecule has 0 atom stereocenters. The van der Waals surface area contributed by atoms with Crippen LogP contribution in [0.4, 0.5) is 0 Å². The maximum Gasteiger partial charge on any atom is 0.0329 e. The van der Waals surface area contributed by atoms with E-state index in [2.05, 4.69) is 61.3 Å². The summed E-state index contributed by atoms with van der Waals surface area (Å²) in [6.07, 6.45) is 4.95. The molecule has 2 N–H and O–H groups in total. The van der Waals surface area contributed by atoms with Crippen molar-refractivity contribution in [2.24, 2.45) is 5.73 Å². The Kier molecular flexibility index (Phi) is 5.80. The summed E-state index contributed by atoms with van der Waals surface area (Å²) in [7, 11) is 6.52. The van der Waals surface area contributed by atoms with E-state index in [1.165, 1.54) is 31.2 Å². The number of hydrogen-bond acceptors (Lipinski definition) is 3. The van der Waals surface area contributed by atoms with Crippen molar-refractivity contribution in [2.45, 2.75) is 37.1 Å². The van der Waals surface area contributed by atoms with Crippen LogP contribution in [0.2, 0.25) is 0 Å². The molecular formula is C18H31N3. The summed E-state index contributed by atoms with van der Waals surface area (Å²) in [4.78, 5) is 4.75. The van der Waals surface area contributed by atoms with Gasteiger partial charge in [-0.1, -0.05) is 30.3 Å². The minimum absolute atomic E-state index is 0.210. The third-order valence-electron chi connectivity index (χ3n) is 5.26. The first-order valence-corrected chi connectivity index (χ1v) is 8.18. The van der Waals surface area contributed by atoms with Gasteiger partial charge in [0.05, 0.1) is 0 Å². The molecule has 0 saturated heterocycles. The molecule has 0 radical (unpaired) electrons. The molecule has 0 aromatic heterocycles. The quantitative estimate of drug-likeness (QED) is 0.873. The fourth-order valence-corrected chi connectivity index (χ4v) is 3.54. The standard InChI is InChI=1S/C18H31N3/c1-20(2)13-14-21(3)18(15-19)11-9-17(10-12-18)16-7-5-4-6-8-16/h4-8,17H,9-15,19H2,1-3H3. The van der Waals surface area contributed by atoms with Gasteiger partial charge in [0, 0.05) is 25.2 Å². The smallest absolute Gasteiger partial charge is 0.0329 e. The molecule has 21 heavy (non-hydrogen) atoms. The van der Waals surface area contributed by atoms with Gasteiger partial charge >= 0.3 is 0 Å². The van der Waals surface area contributed by atoms with Gasteiger partial charge in [-0.3, -0.25) is 4.90 Å². The van der Waals surface area contributed by atoms with Crippen LogP contribution in [0.5, 0.6) is 0 Å². The topological polar surface area (TPSA) is 32.5 Å². The second-order valence-corrected chi connectivity index (χ2v) is 6.84. The van der Waals surface area contributed by atoms with Gasteiger partial charge in [0.15, 0.2) is 0 Å². The lowest BCUT2D eigenvalue weighted by Crippen LogP contribution is -2.55. The highest BCUT2D eigenvalue weighted by Gasteiger charge is 2.37. The molecule has 0 amide bonds. The molecule has 3 nitrogen and oxygen atoms in total. The fraction of sp³-hybridized carbons (Fsp3) is 0.667. The molecule has 2 rings (SSSR count). The van der Waals surface area contributed by atoms with Gasteiger partial charge < -0.3 is 10.6 Å². The molecular weight excluding hydrogens is 258 g/mol. The lowest BCUT2D eigenvalue weighted by molar-refractivity contribution is 0.0704. The SMILES string of the molecule is CN(C)CCN(C)C1(CN)CCC(c2ccccc2)CC1. The number of rotatable bonds is 6. The minimum atomic E-state index is 0.210. The Bertz CT molecular complexity index is 408. The molecule has 1 aliphatic rings.